The molecule has 2 N–H and O–H groups in total. The van der Waals surface area contributed by atoms with Crippen molar-refractivity contribution in [3.63, 3.8) is 0 Å². The van der Waals surface area contributed by atoms with Crippen molar-refractivity contribution >= 4 is 13.2 Å². The quantitative estimate of drug-likeness (QED) is 0.0665. The number of nitrogens with one attached hydrogen (secondary N) is 1. The van der Waals surface area contributed by atoms with Crippen molar-refractivity contribution in [2.24, 2.45) is 0 Å². The van der Waals surface area contributed by atoms with Gasteiger partial charge in [-0.15, -0.1) is 0 Å². The van der Waals surface area contributed by atoms with Crippen LogP contribution in [0.2, 0.25) is 0 Å². The lowest BCUT2D eigenvalue weighted by molar-refractivity contribution is -0.139. The van der Waals surface area contributed by atoms with E-state index in [1.54, 1.807) is 50.3 Å². The molecule has 0 amide bonds. The fraction of sp³-hybridized carbons (Fsp3) is 0.973. The van der Waals surface area contributed by atoms with Crippen molar-refractivity contribution in [3.05, 3.63) is 0 Å². The predicted octanol–water partition coefficient (Wildman–Crippen LogP) is 12.3. The molecule has 1 aliphatic heterocycles. The van der Waals surface area contributed by atoms with Crippen molar-refractivity contribution in [1.29, 1.82) is 0 Å². The van der Waals surface area contributed by atoms with Crippen LogP contribution < -0.4 is 5.32 Å². The molecule has 4 heteroatoms. The van der Waals surface area contributed by atoms with Crippen molar-refractivity contribution in [2.45, 2.75) is 201 Å². The first-order chi connectivity index (χ1) is 20.0. The topological polar surface area (TPSA) is 49.3 Å². The summed E-state index contributed by atoms with van der Waals surface area (Å²) < 4.78 is 0. The molecule has 0 spiro atoms. The van der Waals surface area contributed by atoms with E-state index in [1.807, 2.05) is 0 Å². The average Bonchev–Trinajstić information content (AvgIpc) is 3.53. The molecule has 1 atom stereocenters. The van der Waals surface area contributed by atoms with E-state index in [1.165, 1.54) is 128 Å². The SMILES string of the molecule is CCCCCCCCCCCCCC[P+](CCCCCC)(CCCCCC)CCCCCC.O=C(O)[C@@H]1CCCN1. The molecule has 0 aromatic heterocycles. The molecule has 1 heterocycles. The molecular weight excluding hydrogens is 521 g/mol. The summed E-state index contributed by atoms with van der Waals surface area (Å²) >= 11 is 0. The first kappa shape index (κ1) is 40.9. The van der Waals surface area contributed by atoms with Crippen LogP contribution >= 0.6 is 7.26 Å². The highest BCUT2D eigenvalue weighted by Crippen LogP contribution is 2.61. The Bertz CT molecular complexity index is 504. The summed E-state index contributed by atoms with van der Waals surface area (Å²) in [5.74, 6) is -0.720. The summed E-state index contributed by atoms with van der Waals surface area (Å²) in [6.07, 6.45) is 43.9. The third-order valence-corrected chi connectivity index (χ3v) is 14.4. The maximum atomic E-state index is 10.1. The van der Waals surface area contributed by atoms with E-state index in [0.717, 1.165) is 19.4 Å². The van der Waals surface area contributed by atoms with Crippen LogP contribution in [0.25, 0.3) is 0 Å². The van der Waals surface area contributed by atoms with Gasteiger partial charge in [0.25, 0.3) is 0 Å². The molecule has 0 aliphatic carbocycles. The number of carbonyl (C=O) groups is 1. The Morgan fingerprint density at radius 3 is 1.07 bits per heavy atom. The van der Waals surface area contributed by atoms with Gasteiger partial charge >= 0.3 is 5.97 Å². The van der Waals surface area contributed by atoms with E-state index in [9.17, 15) is 4.79 Å². The van der Waals surface area contributed by atoms with Crippen LogP contribution in [0.3, 0.4) is 0 Å². The Morgan fingerprint density at radius 2 is 0.829 bits per heavy atom. The van der Waals surface area contributed by atoms with Crippen LogP contribution in [-0.4, -0.2) is 48.3 Å². The van der Waals surface area contributed by atoms with Crippen molar-refractivity contribution < 1.29 is 9.90 Å². The lowest BCUT2D eigenvalue weighted by Crippen LogP contribution is -2.29. The molecule has 0 aromatic rings. The summed E-state index contributed by atoms with van der Waals surface area (Å²) in [7, 11) is -0.697. The number of carboxylic acids is 1. The van der Waals surface area contributed by atoms with Gasteiger partial charge in [0.05, 0.1) is 24.6 Å². The predicted molar refractivity (Wildman–Crippen MR) is 189 cm³/mol. The van der Waals surface area contributed by atoms with Gasteiger partial charge in [-0.3, -0.25) is 4.79 Å². The van der Waals surface area contributed by atoms with E-state index in [4.69, 9.17) is 5.11 Å². The molecule has 0 bridgehead atoms. The first-order valence-electron chi connectivity index (χ1n) is 18.9. The average molecular weight is 599 g/mol. The zero-order chi connectivity index (χ0) is 30.3. The van der Waals surface area contributed by atoms with Gasteiger partial charge in [-0.2, -0.15) is 0 Å². The highest BCUT2D eigenvalue weighted by molar-refractivity contribution is 7.75. The second kappa shape index (κ2) is 31.3. The minimum Gasteiger partial charge on any atom is -0.480 e. The van der Waals surface area contributed by atoms with Crippen LogP contribution in [0.4, 0.5) is 0 Å². The van der Waals surface area contributed by atoms with E-state index in [0.29, 0.717) is 0 Å². The number of aliphatic carboxylic acids is 1. The summed E-state index contributed by atoms with van der Waals surface area (Å²) in [6, 6.07) is -0.269. The highest BCUT2D eigenvalue weighted by atomic mass is 31.2. The molecular formula is C37H77NO2P+. The van der Waals surface area contributed by atoms with Gasteiger partial charge in [0.15, 0.2) is 0 Å². The molecule has 0 unspecified atom stereocenters. The second-order valence-electron chi connectivity index (χ2n) is 13.3. The Hall–Kier alpha value is -0.140. The zero-order valence-electron chi connectivity index (χ0n) is 28.8. The van der Waals surface area contributed by atoms with Crippen LogP contribution in [-0.2, 0) is 4.79 Å². The third kappa shape index (κ3) is 26.0. The normalized spacial score (nSPS) is 15.2. The number of rotatable bonds is 29. The van der Waals surface area contributed by atoms with Crippen molar-refractivity contribution in [3.8, 4) is 0 Å². The van der Waals surface area contributed by atoms with Crippen LogP contribution in [0, 0.1) is 0 Å². The Labute approximate surface area is 259 Å². The van der Waals surface area contributed by atoms with Crippen LogP contribution in [0.1, 0.15) is 195 Å². The summed E-state index contributed by atoms with van der Waals surface area (Å²) in [6.45, 7) is 10.3. The smallest absolute Gasteiger partial charge is 0.320 e. The molecule has 246 valence electrons. The van der Waals surface area contributed by atoms with Gasteiger partial charge in [0.2, 0.25) is 0 Å². The highest BCUT2D eigenvalue weighted by Gasteiger charge is 2.34. The molecule has 41 heavy (non-hydrogen) atoms. The third-order valence-electron chi connectivity index (χ3n) is 9.30. The minimum atomic E-state index is -0.720. The van der Waals surface area contributed by atoms with Crippen molar-refractivity contribution in [1.82, 2.24) is 5.32 Å². The molecule has 1 rings (SSSR count). The Kier molecular flexibility index (Phi) is 31.2. The molecule has 1 aliphatic rings. The molecule has 1 fully saturated rings. The summed E-state index contributed by atoms with van der Waals surface area (Å²) in [5, 5.41) is 11.2. The van der Waals surface area contributed by atoms with E-state index < -0.39 is 13.2 Å². The minimum absolute atomic E-state index is 0.269. The number of hydrogen-bond donors (Lipinski definition) is 2. The lowest BCUT2D eigenvalue weighted by atomic mass is 10.1. The maximum absolute atomic E-state index is 10.1. The van der Waals surface area contributed by atoms with Gasteiger partial charge in [0, 0.05) is 7.26 Å². The molecule has 0 aromatic carbocycles. The van der Waals surface area contributed by atoms with E-state index >= 15 is 0 Å². The zero-order valence-corrected chi connectivity index (χ0v) is 29.7. The van der Waals surface area contributed by atoms with Gasteiger partial charge in [-0.1, -0.05) is 130 Å². The molecule has 3 nitrogen and oxygen atoms in total. The van der Waals surface area contributed by atoms with Crippen molar-refractivity contribution in [2.75, 3.05) is 31.2 Å². The summed E-state index contributed by atoms with van der Waals surface area (Å²) in [4.78, 5) is 10.1. The largest absolute Gasteiger partial charge is 0.480 e. The number of hydrogen-bond acceptors (Lipinski definition) is 2. The standard InChI is InChI=1S/C32H68P.C5H9NO2/c1-5-9-13-17-18-19-20-21-22-23-24-28-32-33(29-25-14-10-6-2,30-26-15-11-7-3)31-27-16-12-8-4;7-5(8)4-2-1-3-6-4/h5-32H2,1-4H3;4,6H,1-3H2,(H,7,8)/q+1;/t;4-/m.0/s1. The number of carboxylic acid groups (broad SMARTS) is 1. The fourth-order valence-electron chi connectivity index (χ4n) is 6.48. The second-order valence-corrected chi connectivity index (χ2v) is 17.8. The van der Waals surface area contributed by atoms with E-state index in [-0.39, 0.29) is 6.04 Å². The molecule has 0 saturated carbocycles. The van der Waals surface area contributed by atoms with Gasteiger partial charge in [-0.25, -0.2) is 0 Å². The first-order valence-corrected chi connectivity index (χ1v) is 21.4. The van der Waals surface area contributed by atoms with Crippen LogP contribution in [0.15, 0.2) is 0 Å². The molecule has 1 saturated heterocycles. The Morgan fingerprint density at radius 1 is 0.537 bits per heavy atom. The summed E-state index contributed by atoms with van der Waals surface area (Å²) in [5.41, 5.74) is 0. The van der Waals surface area contributed by atoms with Gasteiger partial charge in [-0.05, 0) is 70.8 Å². The maximum Gasteiger partial charge on any atom is 0.320 e. The van der Waals surface area contributed by atoms with Gasteiger partial charge in [0.1, 0.15) is 6.04 Å². The Balaban J connectivity index is 0.00000170. The molecule has 0 radical (unpaired) electrons. The van der Waals surface area contributed by atoms with Crippen LogP contribution in [0.5, 0.6) is 0 Å². The number of unbranched alkanes of at least 4 members (excludes halogenated alkanes) is 20. The monoisotopic (exact) mass is 599 g/mol. The fourth-order valence-corrected chi connectivity index (χ4v) is 11.4. The van der Waals surface area contributed by atoms with E-state index in [2.05, 4.69) is 33.0 Å². The lowest BCUT2D eigenvalue weighted by Gasteiger charge is -2.28. The van der Waals surface area contributed by atoms with Gasteiger partial charge < -0.3 is 10.4 Å².